The molecular formula is C54H42IrN5O2. The van der Waals surface area contributed by atoms with Gasteiger partial charge in [0.1, 0.15) is 11.5 Å². The van der Waals surface area contributed by atoms with Crippen LogP contribution in [0.1, 0.15) is 27.9 Å². The van der Waals surface area contributed by atoms with Gasteiger partial charge in [0.05, 0.1) is 11.4 Å². The van der Waals surface area contributed by atoms with Crippen LogP contribution in [-0.4, -0.2) is 24.5 Å². The fourth-order valence-electron chi connectivity index (χ4n) is 7.40. The van der Waals surface area contributed by atoms with Crippen LogP contribution in [0.15, 0.2) is 175 Å². The van der Waals surface area contributed by atoms with Gasteiger partial charge in [-0.05, 0) is 104 Å². The molecule has 0 N–H and O–H groups in total. The Hall–Kier alpha value is -6.99. The molecule has 10 rings (SSSR count). The fourth-order valence-corrected chi connectivity index (χ4v) is 7.40. The van der Waals surface area contributed by atoms with E-state index in [4.69, 9.17) is 9.15 Å². The van der Waals surface area contributed by atoms with Crippen LogP contribution in [0.5, 0.6) is 11.5 Å². The van der Waals surface area contributed by atoms with Crippen molar-refractivity contribution in [2.75, 3.05) is 0 Å². The minimum absolute atomic E-state index is 0. The topological polar surface area (TPSA) is 78.9 Å². The van der Waals surface area contributed by atoms with Crippen molar-refractivity contribution in [1.82, 2.24) is 24.5 Å². The quantitative estimate of drug-likeness (QED) is 0.120. The molecule has 5 aromatic heterocycles. The molecule has 0 unspecified atom stereocenters. The van der Waals surface area contributed by atoms with E-state index in [-0.39, 0.29) is 20.1 Å². The molecule has 0 amide bonds. The van der Waals surface area contributed by atoms with Gasteiger partial charge in [0.25, 0.3) is 0 Å². The van der Waals surface area contributed by atoms with Crippen LogP contribution in [-0.2, 0) is 52.8 Å². The number of aromatic nitrogens is 5. The average Bonchev–Trinajstić information content (AvgIpc) is 3.91. The van der Waals surface area contributed by atoms with Crippen molar-refractivity contribution < 1.29 is 29.3 Å². The van der Waals surface area contributed by atoms with Crippen molar-refractivity contribution in [1.29, 1.82) is 0 Å². The van der Waals surface area contributed by atoms with E-state index in [9.17, 15) is 0 Å². The molecule has 10 aromatic rings. The second-order valence-corrected chi connectivity index (χ2v) is 14.9. The van der Waals surface area contributed by atoms with Gasteiger partial charge in [-0.3, -0.25) is 4.98 Å². The van der Waals surface area contributed by atoms with Crippen LogP contribution in [0.2, 0.25) is 0 Å². The predicted octanol–water partition coefficient (Wildman–Crippen LogP) is 12.3. The summed E-state index contributed by atoms with van der Waals surface area (Å²) in [6.45, 7) is 1.96. The molecule has 0 aliphatic heterocycles. The number of ether oxygens (including phenoxy) is 1. The van der Waals surface area contributed by atoms with Crippen LogP contribution in [0.3, 0.4) is 0 Å². The van der Waals surface area contributed by atoms with Gasteiger partial charge in [0.2, 0.25) is 5.71 Å². The molecule has 0 aliphatic rings. The van der Waals surface area contributed by atoms with Gasteiger partial charge in [-0.2, -0.15) is 0 Å². The second-order valence-electron chi connectivity index (χ2n) is 14.9. The third-order valence-corrected chi connectivity index (χ3v) is 10.5. The Balaban J connectivity index is 0.000000210. The van der Waals surface area contributed by atoms with Crippen molar-refractivity contribution in [2.24, 2.45) is 7.05 Å². The molecule has 0 atom stereocenters. The molecule has 0 saturated heterocycles. The predicted molar refractivity (Wildman–Crippen MR) is 242 cm³/mol. The molecule has 0 spiro atoms. The molecule has 0 radical (unpaired) electrons. The SMILES string of the molecule is Cc1ccc2c(n1)oc1c(-c3nccn3C)[c-]ccc12.[Ir+3].[c-]1ccccc1-c1cc(CCc2cccc(Oc3cccc(CCc4cc[c-]c(-c5ccccn5)c4)c3)c2)ccn1. The number of aryl methyl sites for hydroxylation is 6. The maximum atomic E-state index is 6.29. The Kier molecular flexibility index (Phi) is 13.2. The van der Waals surface area contributed by atoms with Gasteiger partial charge in [0.15, 0.2) is 0 Å². The van der Waals surface area contributed by atoms with Gasteiger partial charge < -0.3 is 23.7 Å². The summed E-state index contributed by atoms with van der Waals surface area (Å²) in [4.78, 5) is 17.8. The molecule has 5 aromatic carbocycles. The largest absolute Gasteiger partial charge is 3.00 e. The van der Waals surface area contributed by atoms with Crippen molar-refractivity contribution >= 4 is 22.1 Å². The second kappa shape index (κ2) is 19.6. The number of rotatable bonds is 11. The number of fused-ring (bicyclic) bond motifs is 3. The third-order valence-electron chi connectivity index (χ3n) is 10.5. The van der Waals surface area contributed by atoms with E-state index in [1.54, 1.807) is 6.20 Å². The first-order chi connectivity index (χ1) is 30.0. The van der Waals surface area contributed by atoms with Gasteiger partial charge in [0, 0.05) is 42.9 Å². The number of hydrogen-bond acceptors (Lipinski definition) is 6. The molecule has 7 nitrogen and oxygen atoms in total. The molecular weight excluding hydrogens is 943 g/mol. The summed E-state index contributed by atoms with van der Waals surface area (Å²) in [7, 11) is 1.96. The van der Waals surface area contributed by atoms with E-state index in [0.29, 0.717) is 5.71 Å². The number of benzene rings is 5. The molecule has 0 saturated carbocycles. The number of imidazole rings is 1. The molecule has 62 heavy (non-hydrogen) atoms. The van der Waals surface area contributed by atoms with Crippen molar-refractivity contribution in [3.63, 3.8) is 0 Å². The Morgan fingerprint density at radius 3 is 1.98 bits per heavy atom. The van der Waals surface area contributed by atoms with Crippen molar-refractivity contribution in [2.45, 2.75) is 32.6 Å². The zero-order chi connectivity index (χ0) is 41.4. The van der Waals surface area contributed by atoms with Crippen LogP contribution < -0.4 is 4.74 Å². The Morgan fingerprint density at radius 2 is 1.27 bits per heavy atom. The minimum atomic E-state index is 0. The van der Waals surface area contributed by atoms with Crippen molar-refractivity contribution in [3.05, 3.63) is 217 Å². The van der Waals surface area contributed by atoms with Crippen LogP contribution in [0.4, 0.5) is 0 Å². The normalized spacial score (nSPS) is 10.9. The van der Waals surface area contributed by atoms with E-state index >= 15 is 0 Å². The molecule has 8 heteroatoms. The Bertz CT molecular complexity index is 2920. The van der Waals surface area contributed by atoms with E-state index in [2.05, 4.69) is 98.8 Å². The first-order valence-corrected chi connectivity index (χ1v) is 20.4. The number of pyridine rings is 3. The van der Waals surface area contributed by atoms with Gasteiger partial charge in [-0.15, -0.1) is 89.5 Å². The monoisotopic (exact) mass is 985 g/mol. The van der Waals surface area contributed by atoms with E-state index in [1.165, 1.54) is 22.3 Å². The van der Waals surface area contributed by atoms with Gasteiger partial charge in [-0.1, -0.05) is 59.0 Å². The smallest absolute Gasteiger partial charge is 0.486 e. The van der Waals surface area contributed by atoms with Crippen LogP contribution in [0.25, 0.3) is 56.0 Å². The number of furan rings is 1. The summed E-state index contributed by atoms with van der Waals surface area (Å²) < 4.78 is 14.2. The summed E-state index contributed by atoms with van der Waals surface area (Å²) in [6, 6.07) is 59.0. The molecule has 0 bridgehead atoms. The van der Waals surface area contributed by atoms with Crippen LogP contribution >= 0.6 is 0 Å². The van der Waals surface area contributed by atoms with E-state index in [1.807, 2.05) is 122 Å². The number of nitrogens with zero attached hydrogens (tertiary/aromatic N) is 5. The first kappa shape index (κ1) is 41.7. The maximum absolute atomic E-state index is 6.29. The van der Waals surface area contributed by atoms with Gasteiger partial charge >= 0.3 is 20.1 Å². The minimum Gasteiger partial charge on any atom is -0.486 e. The molecule has 304 valence electrons. The third kappa shape index (κ3) is 9.96. The molecule has 0 aliphatic carbocycles. The summed E-state index contributed by atoms with van der Waals surface area (Å²) in [5.74, 6) is 2.55. The Morgan fingerprint density at radius 1 is 0.565 bits per heavy atom. The Labute approximate surface area is 375 Å². The number of hydrogen-bond donors (Lipinski definition) is 0. The first-order valence-electron chi connectivity index (χ1n) is 20.4. The summed E-state index contributed by atoms with van der Waals surface area (Å²) in [5.41, 5.74) is 12.2. The van der Waals surface area contributed by atoms with E-state index in [0.717, 1.165) is 93.1 Å². The zero-order valence-electron chi connectivity index (χ0n) is 34.4. The molecule has 0 fully saturated rings. The van der Waals surface area contributed by atoms with E-state index < -0.39 is 0 Å². The molecule has 5 heterocycles. The van der Waals surface area contributed by atoms with Gasteiger partial charge in [-0.25, -0.2) is 4.98 Å². The standard InChI is InChI=1S/C38H30N2O.C16H12N3O.Ir/c1-2-12-33(13-3-1)38-28-32(22-24-40-38)21-20-31-11-8-16-36(27-31)41-35-15-7-10-30(26-35)19-18-29-9-6-14-34(25-29)37-17-4-5-23-39-37;1-10-6-7-12-11-4-3-5-13(14(11)20-16(12)18-10)15-17-8-9-19(15)2;/h1-12,15-17,22-28H,18-21H2;3-4,6-9H,1-2H3;/q-2;-1;+3. The van der Waals surface area contributed by atoms with Crippen molar-refractivity contribution in [3.8, 4) is 45.4 Å². The summed E-state index contributed by atoms with van der Waals surface area (Å²) in [6.07, 6.45) is 11.1. The summed E-state index contributed by atoms with van der Waals surface area (Å²) in [5, 5.41) is 2.07. The summed E-state index contributed by atoms with van der Waals surface area (Å²) >= 11 is 0. The fraction of sp³-hybridized carbons (Fsp3) is 0.111. The average molecular weight is 985 g/mol. The zero-order valence-corrected chi connectivity index (χ0v) is 36.8. The maximum Gasteiger partial charge on any atom is 3.00 e. The van der Waals surface area contributed by atoms with Crippen LogP contribution in [0, 0.1) is 25.1 Å².